The van der Waals surface area contributed by atoms with Crippen LogP contribution in [0.1, 0.15) is 20.7 Å². The summed E-state index contributed by atoms with van der Waals surface area (Å²) in [4.78, 5) is 31.2. The molecule has 0 atom stereocenters. The highest BCUT2D eigenvalue weighted by Crippen LogP contribution is 2.26. The first-order valence-electron chi connectivity index (χ1n) is 6.67. The van der Waals surface area contributed by atoms with Gasteiger partial charge in [0.2, 0.25) is 0 Å². The van der Waals surface area contributed by atoms with Crippen molar-refractivity contribution in [3.8, 4) is 0 Å². The average Bonchev–Trinajstić information content (AvgIpc) is 3.27. The summed E-state index contributed by atoms with van der Waals surface area (Å²) in [6.07, 6.45) is 2.61. The SMILES string of the molecule is O=C(Nc1nccs1)c1c(F)c(F)c(C(=O)Nc2nccs2)c(F)c1F. The molecule has 134 valence electrons. The van der Waals surface area contributed by atoms with Crippen LogP contribution in [0.4, 0.5) is 27.8 Å². The number of carbonyl (C=O) groups is 2. The van der Waals surface area contributed by atoms with Crippen molar-refractivity contribution in [3.63, 3.8) is 0 Å². The van der Waals surface area contributed by atoms with E-state index in [4.69, 9.17) is 0 Å². The van der Waals surface area contributed by atoms with Crippen LogP contribution >= 0.6 is 22.7 Å². The van der Waals surface area contributed by atoms with E-state index in [1.54, 1.807) is 0 Å². The van der Waals surface area contributed by atoms with Gasteiger partial charge in [0, 0.05) is 23.2 Å². The van der Waals surface area contributed by atoms with Crippen molar-refractivity contribution in [2.24, 2.45) is 0 Å². The van der Waals surface area contributed by atoms with Crippen molar-refractivity contribution in [3.05, 3.63) is 57.5 Å². The Hall–Kier alpha value is -2.86. The summed E-state index contributed by atoms with van der Waals surface area (Å²) in [6.45, 7) is 0. The van der Waals surface area contributed by atoms with Crippen LogP contribution in [0.2, 0.25) is 0 Å². The maximum absolute atomic E-state index is 14.2. The molecule has 0 aliphatic rings. The summed E-state index contributed by atoms with van der Waals surface area (Å²) in [5, 5.41) is 6.89. The smallest absolute Gasteiger partial charge is 0.263 e. The highest BCUT2D eigenvalue weighted by atomic mass is 32.1. The Morgan fingerprint density at radius 2 is 1.08 bits per heavy atom. The van der Waals surface area contributed by atoms with Gasteiger partial charge in [-0.2, -0.15) is 0 Å². The lowest BCUT2D eigenvalue weighted by Crippen LogP contribution is -2.23. The van der Waals surface area contributed by atoms with E-state index in [9.17, 15) is 27.2 Å². The van der Waals surface area contributed by atoms with E-state index < -0.39 is 46.2 Å². The Kier molecular flexibility index (Phi) is 4.95. The van der Waals surface area contributed by atoms with Crippen LogP contribution in [0.3, 0.4) is 0 Å². The number of carbonyl (C=O) groups excluding carboxylic acids is 2. The number of hydrogen-bond donors (Lipinski definition) is 2. The topological polar surface area (TPSA) is 84.0 Å². The first-order chi connectivity index (χ1) is 12.4. The summed E-state index contributed by atoms with van der Waals surface area (Å²) >= 11 is 1.86. The van der Waals surface area contributed by atoms with Gasteiger partial charge in [-0.25, -0.2) is 27.5 Å². The van der Waals surface area contributed by atoms with Gasteiger partial charge < -0.3 is 0 Å². The number of benzene rings is 1. The molecule has 26 heavy (non-hydrogen) atoms. The summed E-state index contributed by atoms with van der Waals surface area (Å²) in [5.74, 6) is -10.9. The standard InChI is InChI=1S/C14H6F4N4O2S2/c15-7-5(11(23)21-13-19-1-3-25-13)8(16)10(18)6(9(7)17)12(24)22-14-20-2-4-26-14/h1-4H,(H,19,21,23)(H,20,22,24). The Morgan fingerprint density at radius 1 is 0.731 bits per heavy atom. The zero-order chi connectivity index (χ0) is 18.8. The molecule has 2 heterocycles. The molecule has 0 radical (unpaired) electrons. The van der Waals surface area contributed by atoms with Gasteiger partial charge in [0.1, 0.15) is 11.1 Å². The van der Waals surface area contributed by atoms with Crippen LogP contribution in [0.25, 0.3) is 0 Å². The van der Waals surface area contributed by atoms with Crippen LogP contribution in [0.5, 0.6) is 0 Å². The molecule has 2 amide bonds. The second-order valence-corrected chi connectivity index (χ2v) is 6.38. The van der Waals surface area contributed by atoms with E-state index >= 15 is 0 Å². The molecule has 1 aromatic carbocycles. The monoisotopic (exact) mass is 402 g/mol. The molecule has 0 spiro atoms. The van der Waals surface area contributed by atoms with Crippen molar-refractivity contribution in [1.82, 2.24) is 9.97 Å². The summed E-state index contributed by atoms with van der Waals surface area (Å²) < 4.78 is 56.7. The summed E-state index contributed by atoms with van der Waals surface area (Å²) in [6, 6.07) is 0. The Bertz CT molecular complexity index is 869. The first kappa shape index (κ1) is 17.9. The minimum absolute atomic E-state index is 0.0276. The molecule has 0 saturated carbocycles. The van der Waals surface area contributed by atoms with Crippen LogP contribution < -0.4 is 10.6 Å². The van der Waals surface area contributed by atoms with E-state index in [1.165, 1.54) is 23.2 Å². The third kappa shape index (κ3) is 3.28. The average molecular weight is 402 g/mol. The molecule has 3 rings (SSSR count). The van der Waals surface area contributed by atoms with E-state index in [2.05, 4.69) is 9.97 Å². The van der Waals surface area contributed by atoms with E-state index in [0.717, 1.165) is 22.7 Å². The Balaban J connectivity index is 1.99. The fourth-order valence-electron chi connectivity index (χ4n) is 1.92. The van der Waals surface area contributed by atoms with Crippen molar-refractivity contribution in [1.29, 1.82) is 0 Å². The van der Waals surface area contributed by atoms with Gasteiger partial charge in [0.15, 0.2) is 33.5 Å². The number of halogens is 4. The number of aromatic nitrogens is 2. The Morgan fingerprint density at radius 3 is 1.35 bits per heavy atom. The third-order valence-electron chi connectivity index (χ3n) is 3.02. The Labute approximate surface area is 150 Å². The van der Waals surface area contributed by atoms with E-state index in [0.29, 0.717) is 0 Å². The molecular weight excluding hydrogens is 396 g/mol. The fraction of sp³-hybridized carbons (Fsp3) is 0. The van der Waals surface area contributed by atoms with Gasteiger partial charge in [-0.3, -0.25) is 20.2 Å². The molecule has 0 saturated heterocycles. The highest BCUT2D eigenvalue weighted by molar-refractivity contribution is 7.14. The lowest BCUT2D eigenvalue weighted by Gasteiger charge is -2.11. The molecule has 0 bridgehead atoms. The molecular formula is C14H6F4N4O2S2. The minimum Gasteiger partial charge on any atom is -0.298 e. The van der Waals surface area contributed by atoms with Gasteiger partial charge in [-0.1, -0.05) is 0 Å². The van der Waals surface area contributed by atoms with Crippen LogP contribution in [-0.2, 0) is 0 Å². The molecule has 3 aromatic rings. The molecule has 0 fully saturated rings. The van der Waals surface area contributed by atoms with Crippen LogP contribution in [0, 0.1) is 23.3 Å². The van der Waals surface area contributed by atoms with Gasteiger partial charge >= 0.3 is 0 Å². The van der Waals surface area contributed by atoms with Crippen LogP contribution in [0.15, 0.2) is 23.2 Å². The summed E-state index contributed by atoms with van der Waals surface area (Å²) in [5.41, 5.74) is -3.00. The lowest BCUT2D eigenvalue weighted by atomic mass is 10.1. The van der Waals surface area contributed by atoms with Crippen molar-refractivity contribution in [2.75, 3.05) is 10.6 Å². The highest BCUT2D eigenvalue weighted by Gasteiger charge is 2.32. The predicted molar refractivity (Wildman–Crippen MR) is 86.4 cm³/mol. The van der Waals surface area contributed by atoms with Crippen LogP contribution in [-0.4, -0.2) is 21.8 Å². The number of rotatable bonds is 4. The van der Waals surface area contributed by atoms with Crippen molar-refractivity contribution in [2.45, 2.75) is 0 Å². The van der Waals surface area contributed by atoms with Gasteiger partial charge in [0.25, 0.3) is 11.8 Å². The quantitative estimate of drug-likeness (QED) is 0.515. The number of anilines is 2. The molecule has 0 aliphatic heterocycles. The molecule has 0 aliphatic carbocycles. The fourth-order valence-corrected chi connectivity index (χ4v) is 2.97. The van der Waals surface area contributed by atoms with Crippen molar-refractivity contribution >= 4 is 44.8 Å². The lowest BCUT2D eigenvalue weighted by molar-refractivity contribution is 0.0993. The molecule has 0 unspecified atom stereocenters. The number of amides is 2. The zero-order valence-corrected chi connectivity index (χ0v) is 14.0. The summed E-state index contributed by atoms with van der Waals surface area (Å²) in [7, 11) is 0. The molecule has 6 nitrogen and oxygen atoms in total. The second kappa shape index (κ2) is 7.17. The van der Waals surface area contributed by atoms with Gasteiger partial charge in [-0.15, -0.1) is 22.7 Å². The second-order valence-electron chi connectivity index (χ2n) is 4.59. The first-order valence-corrected chi connectivity index (χ1v) is 8.43. The molecule has 2 aromatic heterocycles. The maximum atomic E-state index is 14.2. The third-order valence-corrected chi connectivity index (χ3v) is 4.40. The molecule has 2 N–H and O–H groups in total. The number of thiazole rings is 2. The number of nitrogens with zero attached hydrogens (tertiary/aromatic N) is 2. The minimum atomic E-state index is -2.00. The number of nitrogens with one attached hydrogen (secondary N) is 2. The van der Waals surface area contributed by atoms with Gasteiger partial charge in [0.05, 0.1) is 0 Å². The van der Waals surface area contributed by atoms with E-state index in [1.807, 2.05) is 10.6 Å². The van der Waals surface area contributed by atoms with Gasteiger partial charge in [-0.05, 0) is 0 Å². The number of hydrogen-bond acceptors (Lipinski definition) is 6. The van der Waals surface area contributed by atoms with Crippen molar-refractivity contribution < 1.29 is 27.2 Å². The maximum Gasteiger partial charge on any atom is 0.263 e. The predicted octanol–water partition coefficient (Wildman–Crippen LogP) is 3.66. The normalized spacial score (nSPS) is 10.6. The largest absolute Gasteiger partial charge is 0.298 e. The molecule has 12 heteroatoms. The van der Waals surface area contributed by atoms with E-state index in [-0.39, 0.29) is 10.3 Å². The zero-order valence-electron chi connectivity index (χ0n) is 12.3.